The van der Waals surface area contributed by atoms with Gasteiger partial charge in [-0.2, -0.15) is 5.10 Å². The van der Waals surface area contributed by atoms with Crippen LogP contribution in [-0.2, 0) is 6.54 Å². The molecule has 0 unspecified atom stereocenters. The molecule has 3 rings (SSSR count). The summed E-state index contributed by atoms with van der Waals surface area (Å²) in [5.74, 6) is 5.55. The van der Waals surface area contributed by atoms with E-state index in [1.807, 2.05) is 25.3 Å². The van der Waals surface area contributed by atoms with Gasteiger partial charge in [0.1, 0.15) is 5.71 Å². The zero-order valence-corrected chi connectivity index (χ0v) is 16.2. The highest BCUT2D eigenvalue weighted by Crippen LogP contribution is 2.21. The van der Waals surface area contributed by atoms with E-state index < -0.39 is 0 Å². The molecule has 142 valence electrons. The number of hydrogen-bond donors (Lipinski definition) is 1. The molecule has 1 aromatic heterocycles. The van der Waals surface area contributed by atoms with E-state index in [4.69, 9.17) is 5.84 Å². The Kier molecular flexibility index (Phi) is 6.54. The number of nitrogens with two attached hydrogens (primary N) is 1. The largest absolute Gasteiger partial charge is 0.369 e. The predicted molar refractivity (Wildman–Crippen MR) is 113 cm³/mol. The number of piperazine rings is 1. The maximum absolute atomic E-state index is 5.55. The standard InChI is InChI=1S/C21H28N6/c1-3-23-15-21(25-22)20-8-7-19(14-17(20)2)27-12-10-26(11-13-27)16-18-6-4-5-9-24-18/h4-9,14-15H,3,10-13,16,22H2,1-2H3/b23-15?,25-21+. The van der Waals surface area contributed by atoms with Crippen LogP contribution in [0, 0.1) is 6.92 Å². The van der Waals surface area contributed by atoms with Crippen molar-refractivity contribution in [1.29, 1.82) is 0 Å². The molecule has 0 spiro atoms. The molecule has 1 saturated heterocycles. The Labute approximate surface area is 161 Å². The second kappa shape index (κ2) is 9.28. The third-order valence-corrected chi connectivity index (χ3v) is 4.87. The molecular formula is C21H28N6. The van der Waals surface area contributed by atoms with Crippen molar-refractivity contribution in [2.75, 3.05) is 37.6 Å². The monoisotopic (exact) mass is 364 g/mol. The van der Waals surface area contributed by atoms with Crippen LogP contribution in [0.15, 0.2) is 52.7 Å². The fourth-order valence-electron chi connectivity index (χ4n) is 3.37. The zero-order valence-electron chi connectivity index (χ0n) is 16.2. The molecule has 0 amide bonds. The molecule has 0 bridgehead atoms. The first-order valence-corrected chi connectivity index (χ1v) is 9.47. The summed E-state index contributed by atoms with van der Waals surface area (Å²) in [7, 11) is 0. The van der Waals surface area contributed by atoms with Crippen molar-refractivity contribution in [3.05, 3.63) is 59.4 Å². The molecule has 6 nitrogen and oxygen atoms in total. The highest BCUT2D eigenvalue weighted by Gasteiger charge is 2.18. The SMILES string of the molecule is CCN=C/C(=N\N)c1ccc(N2CCN(Cc3ccccn3)CC2)cc1C. The second-order valence-corrected chi connectivity index (χ2v) is 6.73. The van der Waals surface area contributed by atoms with Gasteiger partial charge >= 0.3 is 0 Å². The molecule has 1 aliphatic rings. The molecule has 6 heteroatoms. The third kappa shape index (κ3) is 4.92. The van der Waals surface area contributed by atoms with E-state index in [1.165, 1.54) is 5.69 Å². The smallest absolute Gasteiger partial charge is 0.108 e. The maximum Gasteiger partial charge on any atom is 0.108 e. The van der Waals surface area contributed by atoms with Gasteiger partial charge in [-0.05, 0) is 43.7 Å². The molecule has 0 saturated carbocycles. The minimum Gasteiger partial charge on any atom is -0.369 e. The van der Waals surface area contributed by atoms with Crippen molar-refractivity contribution in [1.82, 2.24) is 9.88 Å². The molecule has 2 aromatic rings. The highest BCUT2D eigenvalue weighted by molar-refractivity contribution is 6.38. The predicted octanol–water partition coefficient (Wildman–Crippen LogP) is 2.47. The van der Waals surface area contributed by atoms with E-state index in [9.17, 15) is 0 Å². The van der Waals surface area contributed by atoms with Gasteiger partial charge in [-0.15, -0.1) is 0 Å². The van der Waals surface area contributed by atoms with Crippen LogP contribution in [0.25, 0.3) is 0 Å². The molecule has 2 heterocycles. The summed E-state index contributed by atoms with van der Waals surface area (Å²) in [6.45, 7) is 9.83. The average Bonchev–Trinajstić information content (AvgIpc) is 2.71. The van der Waals surface area contributed by atoms with Crippen LogP contribution >= 0.6 is 0 Å². The molecule has 1 aliphatic heterocycles. The number of pyridine rings is 1. The molecule has 27 heavy (non-hydrogen) atoms. The minimum absolute atomic E-state index is 0.721. The molecule has 2 N–H and O–H groups in total. The number of hydrogen-bond acceptors (Lipinski definition) is 6. The lowest BCUT2D eigenvalue weighted by atomic mass is 10.0. The Morgan fingerprint density at radius 1 is 1.19 bits per heavy atom. The first kappa shape index (κ1) is 19.0. The second-order valence-electron chi connectivity index (χ2n) is 6.73. The summed E-state index contributed by atoms with van der Waals surface area (Å²) < 4.78 is 0. The number of aryl methyl sites for hydroxylation is 1. The highest BCUT2D eigenvalue weighted by atomic mass is 15.3. The lowest BCUT2D eigenvalue weighted by Gasteiger charge is -2.36. The Morgan fingerprint density at radius 2 is 2.00 bits per heavy atom. The minimum atomic E-state index is 0.721. The van der Waals surface area contributed by atoms with Gasteiger partial charge in [-0.3, -0.25) is 14.9 Å². The van der Waals surface area contributed by atoms with Crippen LogP contribution in [0.2, 0.25) is 0 Å². The fourth-order valence-corrected chi connectivity index (χ4v) is 3.37. The Morgan fingerprint density at radius 3 is 2.63 bits per heavy atom. The zero-order chi connectivity index (χ0) is 19.1. The van der Waals surface area contributed by atoms with Gasteiger partial charge in [-0.1, -0.05) is 12.1 Å². The summed E-state index contributed by atoms with van der Waals surface area (Å²) in [4.78, 5) is 13.6. The van der Waals surface area contributed by atoms with Gasteiger partial charge in [0.2, 0.25) is 0 Å². The van der Waals surface area contributed by atoms with Crippen molar-refractivity contribution in [2.45, 2.75) is 20.4 Å². The van der Waals surface area contributed by atoms with E-state index in [-0.39, 0.29) is 0 Å². The number of anilines is 1. The van der Waals surface area contributed by atoms with Crippen LogP contribution in [0.5, 0.6) is 0 Å². The van der Waals surface area contributed by atoms with Gasteiger partial charge in [-0.25, -0.2) is 0 Å². The first-order valence-electron chi connectivity index (χ1n) is 9.47. The lowest BCUT2D eigenvalue weighted by Crippen LogP contribution is -2.46. The van der Waals surface area contributed by atoms with Crippen LogP contribution in [0.3, 0.4) is 0 Å². The van der Waals surface area contributed by atoms with Gasteiger partial charge in [0.15, 0.2) is 0 Å². The quantitative estimate of drug-likeness (QED) is 0.486. The number of hydrazone groups is 1. The first-order chi connectivity index (χ1) is 13.2. The third-order valence-electron chi connectivity index (χ3n) is 4.87. The van der Waals surface area contributed by atoms with Crippen LogP contribution < -0.4 is 10.7 Å². The summed E-state index contributed by atoms with van der Waals surface area (Å²) in [6, 6.07) is 12.6. The Hall–Kier alpha value is -2.73. The van der Waals surface area contributed by atoms with Crippen LogP contribution in [0.4, 0.5) is 5.69 Å². The molecule has 0 radical (unpaired) electrons. The summed E-state index contributed by atoms with van der Waals surface area (Å²) in [5, 5.41) is 3.89. The van der Waals surface area contributed by atoms with Crippen molar-refractivity contribution in [2.24, 2.45) is 15.9 Å². The summed E-state index contributed by atoms with van der Waals surface area (Å²) in [5.41, 5.74) is 5.30. The molecule has 1 fully saturated rings. The number of nitrogens with zero attached hydrogens (tertiary/aromatic N) is 5. The van der Waals surface area contributed by atoms with Crippen molar-refractivity contribution >= 4 is 17.6 Å². The van der Waals surface area contributed by atoms with Crippen molar-refractivity contribution in [3.8, 4) is 0 Å². The number of rotatable bonds is 6. The average molecular weight is 364 g/mol. The van der Waals surface area contributed by atoms with E-state index in [0.717, 1.165) is 61.8 Å². The summed E-state index contributed by atoms with van der Waals surface area (Å²) in [6.07, 6.45) is 3.61. The molecule has 0 atom stereocenters. The molecule has 0 aliphatic carbocycles. The lowest BCUT2D eigenvalue weighted by molar-refractivity contribution is 0.247. The van der Waals surface area contributed by atoms with Gasteiger partial charge in [0.05, 0.1) is 5.69 Å². The van der Waals surface area contributed by atoms with Gasteiger partial charge in [0.25, 0.3) is 0 Å². The van der Waals surface area contributed by atoms with Crippen molar-refractivity contribution < 1.29 is 0 Å². The van der Waals surface area contributed by atoms with E-state index >= 15 is 0 Å². The van der Waals surface area contributed by atoms with Gasteiger partial charge < -0.3 is 10.7 Å². The molecular weight excluding hydrogens is 336 g/mol. The number of aliphatic imine (C=N–C) groups is 1. The maximum atomic E-state index is 5.55. The van der Waals surface area contributed by atoms with Crippen LogP contribution in [0.1, 0.15) is 23.7 Å². The van der Waals surface area contributed by atoms with Crippen molar-refractivity contribution in [3.63, 3.8) is 0 Å². The number of benzene rings is 1. The van der Waals surface area contributed by atoms with Gasteiger partial charge in [0, 0.05) is 62.9 Å². The normalized spacial score (nSPS) is 16.2. The fraction of sp³-hybridized carbons (Fsp3) is 0.381. The number of aromatic nitrogens is 1. The van der Waals surface area contributed by atoms with E-state index in [1.54, 1.807) is 6.21 Å². The Bertz CT molecular complexity index is 792. The van der Waals surface area contributed by atoms with E-state index in [2.05, 4.69) is 56.1 Å². The Balaban J connectivity index is 1.63. The topological polar surface area (TPSA) is 70.1 Å². The summed E-state index contributed by atoms with van der Waals surface area (Å²) >= 11 is 0. The van der Waals surface area contributed by atoms with E-state index in [0.29, 0.717) is 0 Å². The molecule has 1 aromatic carbocycles. The van der Waals surface area contributed by atoms with Crippen LogP contribution in [-0.4, -0.2) is 54.5 Å².